The summed E-state index contributed by atoms with van der Waals surface area (Å²) in [6, 6.07) is 9.54. The van der Waals surface area contributed by atoms with Crippen LogP contribution in [0.5, 0.6) is 0 Å². The molecule has 0 amide bonds. The molecule has 1 fully saturated rings. The Morgan fingerprint density at radius 3 is 2.57 bits per heavy atom. The summed E-state index contributed by atoms with van der Waals surface area (Å²) in [4.78, 5) is 9.13. The van der Waals surface area contributed by atoms with Crippen molar-refractivity contribution in [3.05, 3.63) is 54.6 Å². The maximum absolute atomic E-state index is 13.3. The van der Waals surface area contributed by atoms with Crippen LogP contribution in [-0.2, 0) is 20.0 Å². The summed E-state index contributed by atoms with van der Waals surface area (Å²) in [6.45, 7) is 4.08. The maximum Gasteiger partial charge on any atom is 0.269 e. The molecule has 0 aliphatic carbocycles. The van der Waals surface area contributed by atoms with Gasteiger partial charge in [-0.25, -0.2) is 30.8 Å². The number of hydrogen-bond acceptors (Lipinski definition) is 7. The molecule has 0 bridgehead atoms. The standard InChI is InChI=1S/C23H27N5O5S2/c1-3-13-34(30,31)26-11-9-17(15-26)28-21-19-10-12-27(35(32,33)18-7-5-4-6-8-18)23(19)24-14-20(21)25-22(28)16(2)29/h4-8,10,12,14,16-17,29H,3,9,11,13,15H2,1-2H3/t16?,17-/m1/s1. The van der Waals surface area contributed by atoms with Crippen LogP contribution < -0.4 is 0 Å². The molecule has 12 heteroatoms. The van der Waals surface area contributed by atoms with E-state index in [1.54, 1.807) is 31.2 Å². The highest BCUT2D eigenvalue weighted by Crippen LogP contribution is 2.35. The molecule has 3 aromatic heterocycles. The molecule has 2 atom stereocenters. The molecule has 0 radical (unpaired) electrons. The summed E-state index contributed by atoms with van der Waals surface area (Å²) in [7, 11) is -7.25. The topological polar surface area (TPSA) is 127 Å². The first-order chi connectivity index (χ1) is 16.6. The second-order valence-electron chi connectivity index (χ2n) is 8.79. The Bertz CT molecular complexity index is 1610. The predicted octanol–water partition coefficient (Wildman–Crippen LogP) is 2.66. The molecule has 1 saturated heterocycles. The molecule has 4 heterocycles. The van der Waals surface area contributed by atoms with Crippen molar-refractivity contribution >= 4 is 42.1 Å². The van der Waals surface area contributed by atoms with Crippen molar-refractivity contribution in [3.63, 3.8) is 0 Å². The van der Waals surface area contributed by atoms with Crippen LogP contribution in [0.4, 0.5) is 0 Å². The molecule has 0 saturated carbocycles. The van der Waals surface area contributed by atoms with Gasteiger partial charge >= 0.3 is 0 Å². The third-order valence-corrected chi connectivity index (χ3v) is 10.1. The minimum absolute atomic E-state index is 0.0853. The molecule has 1 aliphatic heterocycles. The minimum Gasteiger partial charge on any atom is -0.385 e. The van der Waals surface area contributed by atoms with Crippen molar-refractivity contribution in [2.45, 2.75) is 43.7 Å². The Hall–Kier alpha value is -2.80. The summed E-state index contributed by atoms with van der Waals surface area (Å²) in [6.07, 6.45) is 3.14. The first-order valence-corrected chi connectivity index (χ1v) is 14.5. The number of pyridine rings is 1. The highest BCUT2D eigenvalue weighted by molar-refractivity contribution is 7.90. The van der Waals surface area contributed by atoms with Crippen molar-refractivity contribution in [2.75, 3.05) is 18.8 Å². The summed E-state index contributed by atoms with van der Waals surface area (Å²) < 4.78 is 56.4. The van der Waals surface area contributed by atoms with E-state index in [-0.39, 0.29) is 28.9 Å². The van der Waals surface area contributed by atoms with Gasteiger partial charge in [0.15, 0.2) is 5.65 Å². The average molecular weight is 518 g/mol. The van der Waals surface area contributed by atoms with Crippen LogP contribution in [0.15, 0.2) is 53.7 Å². The van der Waals surface area contributed by atoms with Crippen molar-refractivity contribution in [3.8, 4) is 0 Å². The van der Waals surface area contributed by atoms with Gasteiger partial charge < -0.3 is 9.67 Å². The predicted molar refractivity (Wildman–Crippen MR) is 132 cm³/mol. The summed E-state index contributed by atoms with van der Waals surface area (Å²) >= 11 is 0. The van der Waals surface area contributed by atoms with E-state index in [4.69, 9.17) is 0 Å². The minimum atomic E-state index is -3.88. The Morgan fingerprint density at radius 1 is 1.14 bits per heavy atom. The Kier molecular flexibility index (Phi) is 5.94. The van der Waals surface area contributed by atoms with Gasteiger partial charge in [0.2, 0.25) is 10.0 Å². The number of benzene rings is 1. The number of sulfonamides is 1. The van der Waals surface area contributed by atoms with Crippen LogP contribution in [0.25, 0.3) is 22.1 Å². The SMILES string of the molecule is CCCS(=O)(=O)N1CC[C@@H](n2c(C(C)O)nc3cnc4c(ccn4S(=O)(=O)c4ccccc4)c32)C1. The van der Waals surface area contributed by atoms with E-state index in [1.165, 1.54) is 28.8 Å². The van der Waals surface area contributed by atoms with E-state index in [1.807, 2.05) is 11.5 Å². The molecule has 1 N–H and O–H groups in total. The van der Waals surface area contributed by atoms with Crippen molar-refractivity contribution in [1.82, 2.24) is 22.8 Å². The highest BCUT2D eigenvalue weighted by Gasteiger charge is 2.35. The molecule has 10 nitrogen and oxygen atoms in total. The Balaban J connectivity index is 1.67. The molecule has 1 aliphatic rings. The van der Waals surface area contributed by atoms with Crippen molar-refractivity contribution in [2.24, 2.45) is 0 Å². The van der Waals surface area contributed by atoms with Gasteiger partial charge in [-0.1, -0.05) is 25.1 Å². The molecule has 0 spiro atoms. The first kappa shape index (κ1) is 23.9. The first-order valence-electron chi connectivity index (χ1n) is 11.5. The normalized spacial score (nSPS) is 18.5. The average Bonchev–Trinajstić information content (AvgIpc) is 3.55. The van der Waals surface area contributed by atoms with Gasteiger partial charge in [0.25, 0.3) is 10.0 Å². The number of rotatable bonds is 7. The lowest BCUT2D eigenvalue weighted by Crippen LogP contribution is -2.31. The zero-order valence-electron chi connectivity index (χ0n) is 19.4. The van der Waals surface area contributed by atoms with Crippen molar-refractivity contribution < 1.29 is 21.9 Å². The molecule has 35 heavy (non-hydrogen) atoms. The molecule has 4 aromatic rings. The van der Waals surface area contributed by atoms with Crippen LogP contribution in [0.3, 0.4) is 0 Å². The smallest absolute Gasteiger partial charge is 0.269 e. The lowest BCUT2D eigenvalue weighted by Gasteiger charge is -2.20. The van der Waals surface area contributed by atoms with E-state index in [2.05, 4.69) is 9.97 Å². The van der Waals surface area contributed by atoms with E-state index >= 15 is 0 Å². The van der Waals surface area contributed by atoms with E-state index in [0.29, 0.717) is 41.6 Å². The zero-order valence-corrected chi connectivity index (χ0v) is 21.1. The number of aliphatic hydroxyl groups excluding tert-OH is 1. The number of hydrogen-bond donors (Lipinski definition) is 1. The number of fused-ring (bicyclic) bond motifs is 3. The van der Waals surface area contributed by atoms with Crippen LogP contribution in [0, 0.1) is 0 Å². The van der Waals surface area contributed by atoms with E-state index in [0.717, 1.165) is 3.97 Å². The summed E-state index contributed by atoms with van der Waals surface area (Å²) in [5.41, 5.74) is 1.39. The molecule has 5 rings (SSSR count). The van der Waals surface area contributed by atoms with Crippen molar-refractivity contribution in [1.29, 1.82) is 0 Å². The number of aromatic nitrogens is 4. The number of nitrogens with zero attached hydrogens (tertiary/aromatic N) is 5. The largest absolute Gasteiger partial charge is 0.385 e. The molecule has 1 unspecified atom stereocenters. The molecular weight excluding hydrogens is 490 g/mol. The fourth-order valence-corrected chi connectivity index (χ4v) is 7.67. The molecule has 1 aromatic carbocycles. The molecular formula is C23H27N5O5S2. The van der Waals surface area contributed by atoms with E-state index in [9.17, 15) is 21.9 Å². The number of imidazole rings is 1. The Morgan fingerprint density at radius 2 is 1.89 bits per heavy atom. The number of aliphatic hydroxyl groups is 1. The van der Waals surface area contributed by atoms with Gasteiger partial charge in [-0.3, -0.25) is 0 Å². The third-order valence-electron chi connectivity index (χ3n) is 6.38. The fraction of sp³-hybridized carbons (Fsp3) is 0.391. The van der Waals surface area contributed by atoms with E-state index < -0.39 is 26.2 Å². The summed E-state index contributed by atoms with van der Waals surface area (Å²) in [5.74, 6) is 0.481. The van der Waals surface area contributed by atoms with Gasteiger partial charge in [0, 0.05) is 24.7 Å². The van der Waals surface area contributed by atoms with Gasteiger partial charge in [0.1, 0.15) is 17.4 Å². The highest BCUT2D eigenvalue weighted by atomic mass is 32.2. The quantitative estimate of drug-likeness (QED) is 0.399. The van der Waals surface area contributed by atoms with Gasteiger partial charge in [-0.05, 0) is 38.0 Å². The molecule has 186 valence electrons. The second kappa shape index (κ2) is 8.70. The monoisotopic (exact) mass is 517 g/mol. The van der Waals surface area contributed by atoms with Crippen LogP contribution >= 0.6 is 0 Å². The second-order valence-corrected chi connectivity index (χ2v) is 12.7. The van der Waals surface area contributed by atoms with Crippen LogP contribution in [-0.4, -0.2) is 63.6 Å². The summed E-state index contributed by atoms with van der Waals surface area (Å²) in [5, 5.41) is 11.1. The van der Waals surface area contributed by atoms with Gasteiger partial charge in [0.05, 0.1) is 28.4 Å². The zero-order chi connectivity index (χ0) is 25.0. The van der Waals surface area contributed by atoms with Crippen LogP contribution in [0.1, 0.15) is 44.7 Å². The fourth-order valence-electron chi connectivity index (χ4n) is 4.79. The third kappa shape index (κ3) is 3.94. The van der Waals surface area contributed by atoms with Gasteiger partial charge in [-0.15, -0.1) is 0 Å². The Labute approximate surface area is 203 Å². The lowest BCUT2D eigenvalue weighted by molar-refractivity contribution is 0.182. The lowest BCUT2D eigenvalue weighted by atomic mass is 10.2. The van der Waals surface area contributed by atoms with Crippen LogP contribution in [0.2, 0.25) is 0 Å². The maximum atomic E-state index is 13.3. The van der Waals surface area contributed by atoms with Gasteiger partial charge in [-0.2, -0.15) is 4.31 Å².